The van der Waals surface area contributed by atoms with Crippen molar-refractivity contribution in [2.24, 2.45) is 0 Å². The molecule has 1 unspecified atom stereocenters. The zero-order valence-electron chi connectivity index (χ0n) is 8.66. The highest BCUT2D eigenvalue weighted by Crippen LogP contribution is 2.30. The van der Waals surface area contributed by atoms with Crippen LogP contribution in [0.5, 0.6) is 0 Å². The maximum Gasteiger partial charge on any atom is 0.142 e. The first-order chi connectivity index (χ1) is 8.08. The molecule has 1 aromatic carbocycles. The molecule has 1 aromatic heterocycles. The molecular weight excluding hydrogens is 327 g/mol. The number of halogens is 3. The summed E-state index contributed by atoms with van der Waals surface area (Å²) in [5.41, 5.74) is 0.427. The molecule has 0 saturated heterocycles. The van der Waals surface area contributed by atoms with Gasteiger partial charge in [0.2, 0.25) is 0 Å². The number of benzene rings is 1. The Morgan fingerprint density at radius 1 is 1.47 bits per heavy atom. The Labute approximate surface area is 116 Å². The summed E-state index contributed by atoms with van der Waals surface area (Å²) in [6.45, 7) is 0. The van der Waals surface area contributed by atoms with E-state index < -0.39 is 11.9 Å². The predicted octanol–water partition coefficient (Wildman–Crippen LogP) is 4.58. The van der Waals surface area contributed by atoms with Gasteiger partial charge < -0.3 is 5.11 Å². The van der Waals surface area contributed by atoms with E-state index in [1.165, 1.54) is 17.4 Å². The van der Waals surface area contributed by atoms with Gasteiger partial charge in [-0.3, -0.25) is 0 Å². The standard InChI is InChI=1S/C12H9BrClFOS/c13-7-4-8(17-6-7)5-11(16)9-2-1-3-10(15)12(9)14/h1-4,6,11,16H,5H2. The summed E-state index contributed by atoms with van der Waals surface area (Å²) < 4.78 is 14.2. The predicted molar refractivity (Wildman–Crippen MR) is 72.1 cm³/mol. The average Bonchev–Trinajstić information content (AvgIpc) is 2.68. The van der Waals surface area contributed by atoms with Crippen LogP contribution in [0.15, 0.2) is 34.1 Å². The number of hydrogen-bond donors (Lipinski definition) is 1. The number of thiophene rings is 1. The van der Waals surface area contributed by atoms with Crippen LogP contribution in [0, 0.1) is 5.82 Å². The zero-order chi connectivity index (χ0) is 12.4. The van der Waals surface area contributed by atoms with E-state index in [1.807, 2.05) is 11.4 Å². The summed E-state index contributed by atoms with van der Waals surface area (Å²) in [7, 11) is 0. The van der Waals surface area contributed by atoms with Crippen LogP contribution < -0.4 is 0 Å². The SMILES string of the molecule is OC(Cc1cc(Br)cs1)c1cccc(F)c1Cl. The quantitative estimate of drug-likeness (QED) is 0.870. The lowest BCUT2D eigenvalue weighted by molar-refractivity contribution is 0.179. The number of aliphatic hydroxyl groups is 1. The van der Waals surface area contributed by atoms with E-state index in [4.69, 9.17) is 11.6 Å². The van der Waals surface area contributed by atoms with Gasteiger partial charge in [0.05, 0.1) is 11.1 Å². The molecule has 0 aliphatic carbocycles. The molecule has 90 valence electrons. The van der Waals surface area contributed by atoms with Crippen molar-refractivity contribution < 1.29 is 9.50 Å². The highest BCUT2D eigenvalue weighted by Gasteiger charge is 2.15. The van der Waals surface area contributed by atoms with Gasteiger partial charge in [0, 0.05) is 26.7 Å². The maximum atomic E-state index is 13.2. The van der Waals surface area contributed by atoms with E-state index in [0.717, 1.165) is 9.35 Å². The minimum atomic E-state index is -0.788. The fourth-order valence-corrected chi connectivity index (χ4v) is 3.28. The molecule has 0 fully saturated rings. The number of aliphatic hydroxyl groups excluding tert-OH is 1. The van der Waals surface area contributed by atoms with Gasteiger partial charge in [0.15, 0.2) is 0 Å². The minimum absolute atomic E-state index is 0.00405. The summed E-state index contributed by atoms with van der Waals surface area (Å²) >= 11 is 10.7. The van der Waals surface area contributed by atoms with Crippen molar-refractivity contribution in [3.05, 3.63) is 55.4 Å². The highest BCUT2D eigenvalue weighted by molar-refractivity contribution is 9.10. The van der Waals surface area contributed by atoms with Crippen LogP contribution in [0.4, 0.5) is 4.39 Å². The van der Waals surface area contributed by atoms with Gasteiger partial charge >= 0.3 is 0 Å². The molecule has 0 aliphatic rings. The third kappa shape index (κ3) is 3.07. The Morgan fingerprint density at radius 2 is 2.24 bits per heavy atom. The van der Waals surface area contributed by atoms with Crippen LogP contribution >= 0.6 is 38.9 Å². The Morgan fingerprint density at radius 3 is 2.88 bits per heavy atom. The van der Waals surface area contributed by atoms with Crippen LogP contribution in [0.3, 0.4) is 0 Å². The van der Waals surface area contributed by atoms with Crippen molar-refractivity contribution in [1.82, 2.24) is 0 Å². The summed E-state index contributed by atoms with van der Waals surface area (Å²) in [4.78, 5) is 1.02. The topological polar surface area (TPSA) is 20.2 Å². The first-order valence-corrected chi connectivity index (χ1v) is 6.98. The van der Waals surface area contributed by atoms with Gasteiger partial charge in [0.1, 0.15) is 5.82 Å². The zero-order valence-corrected chi connectivity index (χ0v) is 11.8. The number of rotatable bonds is 3. The second-order valence-corrected chi connectivity index (χ2v) is 5.88. The van der Waals surface area contributed by atoms with Crippen molar-refractivity contribution in [2.75, 3.05) is 0 Å². The van der Waals surface area contributed by atoms with E-state index in [-0.39, 0.29) is 5.02 Å². The van der Waals surface area contributed by atoms with Crippen LogP contribution in [0.25, 0.3) is 0 Å². The van der Waals surface area contributed by atoms with Crippen LogP contribution in [-0.2, 0) is 6.42 Å². The molecule has 0 spiro atoms. The van der Waals surface area contributed by atoms with E-state index in [0.29, 0.717) is 12.0 Å². The Kier molecular flexibility index (Phi) is 4.20. The molecule has 17 heavy (non-hydrogen) atoms. The van der Waals surface area contributed by atoms with Crippen LogP contribution in [0.2, 0.25) is 5.02 Å². The van der Waals surface area contributed by atoms with Gasteiger partial charge in [-0.05, 0) is 28.1 Å². The van der Waals surface area contributed by atoms with E-state index in [1.54, 1.807) is 12.1 Å². The van der Waals surface area contributed by atoms with Crippen molar-refractivity contribution in [3.8, 4) is 0 Å². The van der Waals surface area contributed by atoms with Gasteiger partial charge in [-0.1, -0.05) is 23.7 Å². The molecule has 2 rings (SSSR count). The van der Waals surface area contributed by atoms with Crippen molar-refractivity contribution in [3.63, 3.8) is 0 Å². The Balaban J connectivity index is 2.20. The molecule has 0 radical (unpaired) electrons. The first-order valence-electron chi connectivity index (χ1n) is 4.93. The van der Waals surface area contributed by atoms with E-state index >= 15 is 0 Å². The van der Waals surface area contributed by atoms with Crippen LogP contribution in [-0.4, -0.2) is 5.11 Å². The molecule has 0 aliphatic heterocycles. The summed E-state index contributed by atoms with van der Waals surface area (Å²) in [5.74, 6) is -0.504. The molecule has 2 aromatic rings. The second kappa shape index (κ2) is 5.48. The van der Waals surface area contributed by atoms with E-state index in [2.05, 4.69) is 15.9 Å². The molecule has 1 nitrogen and oxygen atoms in total. The molecule has 1 N–H and O–H groups in total. The van der Waals surface area contributed by atoms with Crippen LogP contribution in [0.1, 0.15) is 16.5 Å². The summed E-state index contributed by atoms with van der Waals surface area (Å²) in [6.07, 6.45) is -0.358. The Bertz CT molecular complexity index is 529. The highest BCUT2D eigenvalue weighted by atomic mass is 79.9. The lowest BCUT2D eigenvalue weighted by atomic mass is 10.1. The molecule has 5 heteroatoms. The smallest absolute Gasteiger partial charge is 0.142 e. The van der Waals surface area contributed by atoms with E-state index in [9.17, 15) is 9.50 Å². The second-order valence-electron chi connectivity index (χ2n) is 3.59. The van der Waals surface area contributed by atoms with Crippen molar-refractivity contribution in [2.45, 2.75) is 12.5 Å². The fraction of sp³-hybridized carbons (Fsp3) is 0.167. The van der Waals surface area contributed by atoms with Gasteiger partial charge in [-0.15, -0.1) is 11.3 Å². The van der Waals surface area contributed by atoms with Crippen molar-refractivity contribution in [1.29, 1.82) is 0 Å². The minimum Gasteiger partial charge on any atom is -0.388 e. The average molecular weight is 336 g/mol. The summed E-state index contributed by atoms with van der Waals surface area (Å²) in [6, 6.07) is 6.39. The summed E-state index contributed by atoms with van der Waals surface area (Å²) in [5, 5.41) is 12.0. The monoisotopic (exact) mass is 334 g/mol. The van der Waals surface area contributed by atoms with Gasteiger partial charge in [-0.2, -0.15) is 0 Å². The maximum absolute atomic E-state index is 13.2. The fourth-order valence-electron chi connectivity index (χ4n) is 1.54. The van der Waals surface area contributed by atoms with Crippen molar-refractivity contribution >= 4 is 38.9 Å². The molecule has 1 heterocycles. The first kappa shape index (κ1) is 13.0. The normalized spacial score (nSPS) is 12.7. The molecular formula is C12H9BrClFOS. The number of hydrogen-bond acceptors (Lipinski definition) is 2. The molecule has 1 atom stereocenters. The largest absolute Gasteiger partial charge is 0.388 e. The lowest BCUT2D eigenvalue weighted by Gasteiger charge is -2.11. The lowest BCUT2D eigenvalue weighted by Crippen LogP contribution is -2.02. The molecule has 0 bridgehead atoms. The third-order valence-electron chi connectivity index (χ3n) is 2.36. The third-order valence-corrected chi connectivity index (χ3v) is 4.48. The Hall–Kier alpha value is -0.420. The molecule has 0 amide bonds. The van der Waals surface area contributed by atoms with Gasteiger partial charge in [0.25, 0.3) is 0 Å². The molecule has 0 saturated carbocycles. The van der Waals surface area contributed by atoms with Gasteiger partial charge in [-0.25, -0.2) is 4.39 Å².